The third-order valence-electron chi connectivity index (χ3n) is 5.22. The summed E-state index contributed by atoms with van der Waals surface area (Å²) in [6.45, 7) is 1.69. The Balaban J connectivity index is 1.77. The van der Waals surface area contributed by atoms with Gasteiger partial charge in [0.05, 0.1) is 21.3 Å². The highest BCUT2D eigenvalue weighted by Gasteiger charge is 2.22. The molecule has 0 fully saturated rings. The number of sulfonamides is 1. The molecular formula is C21H19ClFN3O3S. The average Bonchev–Trinajstić information content (AvgIpc) is 2.71. The van der Waals surface area contributed by atoms with Gasteiger partial charge in [-0.1, -0.05) is 23.7 Å². The molecule has 0 amide bonds. The van der Waals surface area contributed by atoms with Crippen molar-refractivity contribution in [3.8, 4) is 11.3 Å². The number of halogens is 2. The number of anilines is 1. The second kappa shape index (κ2) is 7.85. The van der Waals surface area contributed by atoms with Crippen LogP contribution in [0.4, 0.5) is 10.1 Å². The second-order valence-corrected chi connectivity index (χ2v) is 9.34. The molecule has 0 aliphatic heterocycles. The van der Waals surface area contributed by atoms with E-state index in [1.807, 2.05) is 0 Å². The molecule has 3 aromatic rings. The van der Waals surface area contributed by atoms with E-state index < -0.39 is 15.8 Å². The van der Waals surface area contributed by atoms with Crippen LogP contribution in [0, 0.1) is 12.7 Å². The minimum atomic E-state index is -3.96. The Kier molecular flexibility index (Phi) is 5.38. The van der Waals surface area contributed by atoms with E-state index in [1.54, 1.807) is 25.1 Å². The molecular weight excluding hydrogens is 429 g/mol. The third kappa shape index (κ3) is 3.85. The molecule has 0 unspecified atom stereocenters. The van der Waals surface area contributed by atoms with Crippen LogP contribution in [-0.2, 0) is 22.9 Å². The van der Waals surface area contributed by atoms with Crippen LogP contribution in [0.2, 0.25) is 5.02 Å². The first-order chi connectivity index (χ1) is 14.3. The molecule has 2 aromatic carbocycles. The summed E-state index contributed by atoms with van der Waals surface area (Å²) in [7, 11) is -3.96. The van der Waals surface area contributed by atoms with E-state index in [1.165, 1.54) is 12.1 Å². The Labute approximate surface area is 178 Å². The summed E-state index contributed by atoms with van der Waals surface area (Å²) in [4.78, 5) is 12.2. The fourth-order valence-corrected chi connectivity index (χ4v) is 5.21. The van der Waals surface area contributed by atoms with Gasteiger partial charge in [-0.25, -0.2) is 17.9 Å². The van der Waals surface area contributed by atoms with Gasteiger partial charge in [0.25, 0.3) is 15.6 Å². The molecule has 0 bridgehead atoms. The standard InChI is InChI=1S/C21H19ClFN3O3S/c1-12-6-7-13(20-15-4-2-3-5-16(15)21(27)25-24-20)10-19(12)30(28,29)26-14-8-9-18(23)17(22)11-14/h6-11,26H,2-5H2,1H3,(H,25,27). The summed E-state index contributed by atoms with van der Waals surface area (Å²) in [6.07, 6.45) is 3.31. The highest BCUT2D eigenvalue weighted by Crippen LogP contribution is 2.31. The number of benzene rings is 2. The highest BCUT2D eigenvalue weighted by atomic mass is 35.5. The first-order valence-corrected chi connectivity index (χ1v) is 11.3. The van der Waals surface area contributed by atoms with Crippen molar-refractivity contribution in [1.29, 1.82) is 0 Å². The Bertz CT molecular complexity index is 1310. The zero-order valence-electron chi connectivity index (χ0n) is 16.1. The van der Waals surface area contributed by atoms with E-state index in [4.69, 9.17) is 11.6 Å². The normalized spacial score (nSPS) is 13.7. The quantitative estimate of drug-likeness (QED) is 0.626. The lowest BCUT2D eigenvalue weighted by molar-refractivity contribution is 0.600. The molecule has 0 spiro atoms. The summed E-state index contributed by atoms with van der Waals surface area (Å²) in [5, 5.41) is 6.56. The van der Waals surface area contributed by atoms with Crippen LogP contribution in [0.1, 0.15) is 29.5 Å². The molecule has 2 N–H and O–H groups in total. The first-order valence-electron chi connectivity index (χ1n) is 9.45. The summed E-state index contributed by atoms with van der Waals surface area (Å²) < 4.78 is 41.9. The number of fused-ring (bicyclic) bond motifs is 1. The van der Waals surface area contributed by atoms with Crippen molar-refractivity contribution in [1.82, 2.24) is 10.2 Å². The van der Waals surface area contributed by atoms with Crippen LogP contribution in [0.5, 0.6) is 0 Å². The zero-order valence-corrected chi connectivity index (χ0v) is 17.7. The van der Waals surface area contributed by atoms with Gasteiger partial charge in [-0.15, -0.1) is 0 Å². The van der Waals surface area contributed by atoms with Gasteiger partial charge in [0.15, 0.2) is 0 Å². The van der Waals surface area contributed by atoms with E-state index >= 15 is 0 Å². The Morgan fingerprint density at radius 1 is 1.10 bits per heavy atom. The van der Waals surface area contributed by atoms with Gasteiger partial charge in [0.1, 0.15) is 5.82 Å². The summed E-state index contributed by atoms with van der Waals surface area (Å²) in [5.41, 5.74) is 3.29. The minimum absolute atomic E-state index is 0.0676. The molecule has 1 heterocycles. The molecule has 0 atom stereocenters. The molecule has 1 aliphatic rings. The molecule has 0 saturated heterocycles. The van der Waals surface area contributed by atoms with E-state index in [9.17, 15) is 17.6 Å². The molecule has 0 radical (unpaired) electrons. The lowest BCUT2D eigenvalue weighted by Crippen LogP contribution is -2.21. The number of aromatic amines is 1. The van der Waals surface area contributed by atoms with E-state index in [2.05, 4.69) is 14.9 Å². The van der Waals surface area contributed by atoms with Gasteiger partial charge >= 0.3 is 0 Å². The maximum atomic E-state index is 13.4. The summed E-state index contributed by atoms with van der Waals surface area (Å²) >= 11 is 5.76. The first kappa shape index (κ1) is 20.6. The number of rotatable bonds is 4. The van der Waals surface area contributed by atoms with Crippen LogP contribution >= 0.6 is 11.6 Å². The summed E-state index contributed by atoms with van der Waals surface area (Å²) in [6, 6.07) is 8.64. The van der Waals surface area contributed by atoms with Crippen LogP contribution in [0.25, 0.3) is 11.3 Å². The number of nitrogens with zero attached hydrogens (tertiary/aromatic N) is 1. The monoisotopic (exact) mass is 447 g/mol. The highest BCUT2D eigenvalue weighted by molar-refractivity contribution is 7.92. The van der Waals surface area contributed by atoms with Crippen LogP contribution in [0.15, 0.2) is 46.1 Å². The topological polar surface area (TPSA) is 91.9 Å². The van der Waals surface area contributed by atoms with Gasteiger partial charge < -0.3 is 0 Å². The average molecular weight is 448 g/mol. The molecule has 1 aromatic heterocycles. The van der Waals surface area contributed by atoms with E-state index in [0.29, 0.717) is 23.2 Å². The number of hydrogen-bond acceptors (Lipinski definition) is 4. The SMILES string of the molecule is Cc1ccc(-c2n[nH]c(=O)c3c2CCCC3)cc1S(=O)(=O)Nc1ccc(F)c(Cl)c1. The number of aryl methyl sites for hydroxylation is 1. The van der Waals surface area contributed by atoms with E-state index in [0.717, 1.165) is 36.5 Å². The van der Waals surface area contributed by atoms with Crippen LogP contribution in [0.3, 0.4) is 0 Å². The largest absolute Gasteiger partial charge is 0.280 e. The Hall–Kier alpha value is -2.71. The Morgan fingerprint density at radius 3 is 2.57 bits per heavy atom. The van der Waals surface area contributed by atoms with Crippen molar-refractivity contribution in [2.24, 2.45) is 0 Å². The van der Waals surface area contributed by atoms with Gasteiger partial charge in [-0.05, 0) is 68.0 Å². The van der Waals surface area contributed by atoms with Crippen molar-refractivity contribution in [2.75, 3.05) is 4.72 Å². The third-order valence-corrected chi connectivity index (χ3v) is 7.03. The van der Waals surface area contributed by atoms with Gasteiger partial charge in [0.2, 0.25) is 0 Å². The molecule has 0 saturated carbocycles. The molecule has 6 nitrogen and oxygen atoms in total. The van der Waals surface area contributed by atoms with Gasteiger partial charge in [-0.2, -0.15) is 5.10 Å². The summed E-state index contributed by atoms with van der Waals surface area (Å²) in [5.74, 6) is -0.633. The lowest BCUT2D eigenvalue weighted by Gasteiger charge is -2.18. The zero-order chi connectivity index (χ0) is 21.5. The van der Waals surface area contributed by atoms with Crippen LogP contribution < -0.4 is 10.3 Å². The molecule has 30 heavy (non-hydrogen) atoms. The van der Waals surface area contributed by atoms with Crippen molar-refractivity contribution in [3.63, 3.8) is 0 Å². The number of nitrogens with one attached hydrogen (secondary N) is 2. The number of aromatic nitrogens is 2. The van der Waals surface area contributed by atoms with Crippen molar-refractivity contribution in [3.05, 3.63) is 74.3 Å². The smallest absolute Gasteiger partial charge is 0.267 e. The van der Waals surface area contributed by atoms with Gasteiger partial charge in [-0.3, -0.25) is 9.52 Å². The fourth-order valence-electron chi connectivity index (χ4n) is 3.70. The molecule has 9 heteroatoms. The van der Waals surface area contributed by atoms with Gasteiger partial charge in [0, 0.05) is 11.1 Å². The van der Waals surface area contributed by atoms with Crippen molar-refractivity contribution < 1.29 is 12.8 Å². The maximum Gasteiger partial charge on any atom is 0.267 e. The minimum Gasteiger partial charge on any atom is -0.280 e. The lowest BCUT2D eigenvalue weighted by atomic mass is 9.90. The van der Waals surface area contributed by atoms with E-state index in [-0.39, 0.29) is 21.2 Å². The van der Waals surface area contributed by atoms with Crippen LogP contribution in [-0.4, -0.2) is 18.6 Å². The van der Waals surface area contributed by atoms with Crippen molar-refractivity contribution in [2.45, 2.75) is 37.5 Å². The second-order valence-electron chi connectivity index (χ2n) is 7.28. The molecule has 156 valence electrons. The van der Waals surface area contributed by atoms with Crippen molar-refractivity contribution >= 4 is 27.3 Å². The predicted molar refractivity (Wildman–Crippen MR) is 114 cm³/mol. The number of H-pyrrole nitrogens is 1. The maximum absolute atomic E-state index is 13.4. The predicted octanol–water partition coefficient (Wildman–Crippen LogP) is 4.22. The molecule has 4 rings (SSSR count). The molecule has 1 aliphatic carbocycles. The fraction of sp³-hybridized carbons (Fsp3) is 0.238. The number of hydrogen-bond donors (Lipinski definition) is 2. The Morgan fingerprint density at radius 2 is 1.83 bits per heavy atom.